The largest absolute Gasteiger partial charge is 0.342 e. The van der Waals surface area contributed by atoms with Gasteiger partial charge in [-0.05, 0) is 19.3 Å². The zero-order chi connectivity index (χ0) is 10.7. The summed E-state index contributed by atoms with van der Waals surface area (Å²) in [5, 5.41) is 0. The number of carbonyl (C=O) groups is 1. The normalized spacial score (nSPS) is 25.5. The second-order valence-corrected chi connectivity index (χ2v) is 4.83. The molecular formula is C12H22N2O. The molecule has 0 aromatic heterocycles. The van der Waals surface area contributed by atoms with E-state index in [0.717, 1.165) is 32.1 Å². The first-order valence-corrected chi connectivity index (χ1v) is 6.27. The maximum absolute atomic E-state index is 11.3. The van der Waals surface area contributed by atoms with Crippen LogP contribution in [-0.2, 0) is 4.79 Å². The molecule has 0 atom stereocenters. The van der Waals surface area contributed by atoms with Crippen LogP contribution in [0.2, 0.25) is 0 Å². The van der Waals surface area contributed by atoms with E-state index >= 15 is 0 Å². The molecule has 2 aliphatic rings. The molecular weight excluding hydrogens is 188 g/mol. The van der Waals surface area contributed by atoms with E-state index in [2.05, 4.69) is 4.90 Å². The summed E-state index contributed by atoms with van der Waals surface area (Å²) < 4.78 is 0. The number of amides is 1. The van der Waals surface area contributed by atoms with Gasteiger partial charge < -0.3 is 4.90 Å². The minimum absolute atomic E-state index is 0.239. The van der Waals surface area contributed by atoms with Gasteiger partial charge in [-0.1, -0.05) is 12.8 Å². The van der Waals surface area contributed by atoms with Crippen LogP contribution in [0.25, 0.3) is 0 Å². The molecule has 1 heterocycles. The smallest absolute Gasteiger partial charge is 0.219 e. The number of rotatable bonds is 1. The summed E-state index contributed by atoms with van der Waals surface area (Å²) in [4.78, 5) is 15.9. The van der Waals surface area contributed by atoms with Crippen molar-refractivity contribution in [1.29, 1.82) is 0 Å². The maximum atomic E-state index is 11.3. The van der Waals surface area contributed by atoms with E-state index < -0.39 is 0 Å². The molecule has 1 aliphatic carbocycles. The lowest BCUT2D eigenvalue weighted by atomic mass is 10.2. The standard InChI is InChI=1S/C12H22N2O/c1-11(15)13-7-4-8-14(10-9-13)12-5-2-3-6-12/h12H,2-10H2,1H3. The monoisotopic (exact) mass is 210 g/mol. The summed E-state index contributed by atoms with van der Waals surface area (Å²) >= 11 is 0. The van der Waals surface area contributed by atoms with Gasteiger partial charge in [0, 0.05) is 39.1 Å². The second kappa shape index (κ2) is 4.97. The molecule has 0 spiro atoms. The van der Waals surface area contributed by atoms with Gasteiger partial charge in [-0.15, -0.1) is 0 Å². The first-order valence-electron chi connectivity index (χ1n) is 6.27. The van der Waals surface area contributed by atoms with Crippen molar-refractivity contribution >= 4 is 5.91 Å². The molecule has 2 rings (SSSR count). The van der Waals surface area contributed by atoms with E-state index in [1.165, 1.54) is 32.2 Å². The van der Waals surface area contributed by atoms with Crippen molar-refractivity contribution in [1.82, 2.24) is 9.80 Å². The molecule has 3 nitrogen and oxygen atoms in total. The Bertz CT molecular complexity index is 224. The topological polar surface area (TPSA) is 23.6 Å². The lowest BCUT2D eigenvalue weighted by Gasteiger charge is -2.27. The SMILES string of the molecule is CC(=O)N1CCCN(C2CCCC2)CC1. The quantitative estimate of drug-likeness (QED) is 0.654. The van der Waals surface area contributed by atoms with Crippen molar-refractivity contribution in [2.45, 2.75) is 45.1 Å². The predicted octanol–water partition coefficient (Wildman–Crippen LogP) is 1.48. The van der Waals surface area contributed by atoms with Crippen LogP contribution < -0.4 is 0 Å². The molecule has 1 saturated heterocycles. The number of hydrogen-bond donors (Lipinski definition) is 0. The van der Waals surface area contributed by atoms with Crippen LogP contribution in [0.1, 0.15) is 39.0 Å². The Morgan fingerprint density at radius 1 is 1.00 bits per heavy atom. The Kier molecular flexibility index (Phi) is 3.62. The van der Waals surface area contributed by atoms with Gasteiger partial charge in [0.1, 0.15) is 0 Å². The van der Waals surface area contributed by atoms with Crippen LogP contribution in [0, 0.1) is 0 Å². The number of hydrogen-bond acceptors (Lipinski definition) is 2. The molecule has 1 aliphatic heterocycles. The molecule has 0 bridgehead atoms. The Balaban J connectivity index is 1.86. The zero-order valence-corrected chi connectivity index (χ0v) is 9.74. The van der Waals surface area contributed by atoms with E-state index in [1.807, 2.05) is 4.90 Å². The molecule has 1 amide bonds. The van der Waals surface area contributed by atoms with Crippen molar-refractivity contribution in [3.8, 4) is 0 Å². The Morgan fingerprint density at radius 3 is 2.40 bits per heavy atom. The zero-order valence-electron chi connectivity index (χ0n) is 9.74. The van der Waals surface area contributed by atoms with Gasteiger partial charge in [-0.2, -0.15) is 0 Å². The fraction of sp³-hybridized carbons (Fsp3) is 0.917. The minimum atomic E-state index is 0.239. The van der Waals surface area contributed by atoms with Crippen LogP contribution in [0.5, 0.6) is 0 Å². The maximum Gasteiger partial charge on any atom is 0.219 e. The molecule has 86 valence electrons. The van der Waals surface area contributed by atoms with Crippen molar-refractivity contribution in [3.05, 3.63) is 0 Å². The molecule has 15 heavy (non-hydrogen) atoms. The summed E-state index contributed by atoms with van der Waals surface area (Å²) in [5.41, 5.74) is 0. The predicted molar refractivity (Wildman–Crippen MR) is 60.7 cm³/mol. The van der Waals surface area contributed by atoms with Crippen LogP contribution in [0.4, 0.5) is 0 Å². The first-order chi connectivity index (χ1) is 7.27. The van der Waals surface area contributed by atoms with Gasteiger partial charge in [-0.3, -0.25) is 9.69 Å². The van der Waals surface area contributed by atoms with Gasteiger partial charge in [-0.25, -0.2) is 0 Å². The van der Waals surface area contributed by atoms with Crippen LogP contribution in [-0.4, -0.2) is 47.9 Å². The number of carbonyl (C=O) groups excluding carboxylic acids is 1. The highest BCUT2D eigenvalue weighted by Crippen LogP contribution is 2.24. The van der Waals surface area contributed by atoms with Gasteiger partial charge in [0.05, 0.1) is 0 Å². The van der Waals surface area contributed by atoms with Gasteiger partial charge >= 0.3 is 0 Å². The van der Waals surface area contributed by atoms with Crippen LogP contribution in [0.15, 0.2) is 0 Å². The summed E-state index contributed by atoms with van der Waals surface area (Å²) in [5.74, 6) is 0.239. The molecule has 2 fully saturated rings. The average molecular weight is 210 g/mol. The molecule has 0 aromatic rings. The summed E-state index contributed by atoms with van der Waals surface area (Å²) in [6.45, 7) is 5.86. The molecule has 3 heteroatoms. The van der Waals surface area contributed by atoms with Crippen molar-refractivity contribution in [3.63, 3.8) is 0 Å². The third-order valence-corrected chi connectivity index (χ3v) is 3.82. The summed E-state index contributed by atoms with van der Waals surface area (Å²) in [6.07, 6.45) is 6.70. The Hall–Kier alpha value is -0.570. The summed E-state index contributed by atoms with van der Waals surface area (Å²) in [6, 6.07) is 0.817. The Labute approximate surface area is 92.4 Å². The molecule has 1 saturated carbocycles. The highest BCUT2D eigenvalue weighted by molar-refractivity contribution is 5.73. The third-order valence-electron chi connectivity index (χ3n) is 3.82. The molecule has 0 N–H and O–H groups in total. The molecule has 0 radical (unpaired) electrons. The van der Waals surface area contributed by atoms with Crippen molar-refractivity contribution in [2.75, 3.05) is 26.2 Å². The van der Waals surface area contributed by atoms with E-state index in [0.29, 0.717) is 0 Å². The molecule has 0 aromatic carbocycles. The fourth-order valence-electron chi connectivity index (χ4n) is 2.89. The van der Waals surface area contributed by atoms with E-state index in [9.17, 15) is 4.79 Å². The average Bonchev–Trinajstić information content (AvgIpc) is 2.62. The highest BCUT2D eigenvalue weighted by Gasteiger charge is 2.24. The third kappa shape index (κ3) is 2.71. The van der Waals surface area contributed by atoms with Crippen molar-refractivity contribution < 1.29 is 4.79 Å². The first kappa shape index (κ1) is 10.9. The van der Waals surface area contributed by atoms with E-state index in [-0.39, 0.29) is 5.91 Å². The van der Waals surface area contributed by atoms with E-state index in [1.54, 1.807) is 6.92 Å². The molecule has 0 unspecified atom stereocenters. The lowest BCUT2D eigenvalue weighted by Crippen LogP contribution is -2.37. The minimum Gasteiger partial charge on any atom is -0.342 e. The van der Waals surface area contributed by atoms with Gasteiger partial charge in [0.25, 0.3) is 0 Å². The van der Waals surface area contributed by atoms with E-state index in [4.69, 9.17) is 0 Å². The summed E-state index contributed by atoms with van der Waals surface area (Å²) in [7, 11) is 0. The van der Waals surface area contributed by atoms with Gasteiger partial charge in [0.2, 0.25) is 5.91 Å². The highest BCUT2D eigenvalue weighted by atomic mass is 16.2. The lowest BCUT2D eigenvalue weighted by molar-refractivity contribution is -0.128. The van der Waals surface area contributed by atoms with Crippen LogP contribution in [0.3, 0.4) is 0 Å². The second-order valence-electron chi connectivity index (χ2n) is 4.83. The van der Waals surface area contributed by atoms with Gasteiger partial charge in [0.15, 0.2) is 0 Å². The Morgan fingerprint density at radius 2 is 1.73 bits per heavy atom. The van der Waals surface area contributed by atoms with Crippen LogP contribution >= 0.6 is 0 Å². The number of nitrogens with zero attached hydrogens (tertiary/aromatic N) is 2. The fourth-order valence-corrected chi connectivity index (χ4v) is 2.89. The van der Waals surface area contributed by atoms with Crippen molar-refractivity contribution in [2.24, 2.45) is 0 Å².